The van der Waals surface area contributed by atoms with Gasteiger partial charge in [0.2, 0.25) is 0 Å². The Hall–Kier alpha value is -1.65. The Morgan fingerprint density at radius 3 is 2.50 bits per heavy atom. The summed E-state index contributed by atoms with van der Waals surface area (Å²) in [5.41, 5.74) is 5.43. The summed E-state index contributed by atoms with van der Waals surface area (Å²) in [6, 6.07) is 12.7. The van der Waals surface area contributed by atoms with Gasteiger partial charge in [-0.3, -0.25) is 16.0 Å². The lowest BCUT2D eigenvalue weighted by molar-refractivity contribution is 0.425. The lowest BCUT2D eigenvalue weighted by atomic mass is 9.86. The van der Waals surface area contributed by atoms with Gasteiger partial charge in [0, 0.05) is 18.7 Å². The quantitative estimate of drug-likeness (QED) is 0.633. The number of benzene rings is 1. The van der Waals surface area contributed by atoms with Crippen LogP contribution in [0.25, 0.3) is 0 Å². The third-order valence-electron chi connectivity index (χ3n) is 3.89. The molecule has 4 nitrogen and oxygen atoms in total. The first kappa shape index (κ1) is 11.4. The van der Waals surface area contributed by atoms with E-state index in [1.54, 1.807) is 0 Å². The lowest BCUT2D eigenvalue weighted by Gasteiger charge is -2.25. The second-order valence-electron chi connectivity index (χ2n) is 5.04. The van der Waals surface area contributed by atoms with Gasteiger partial charge in [0.1, 0.15) is 0 Å². The molecule has 1 aromatic carbocycles. The van der Waals surface area contributed by atoms with E-state index in [0.29, 0.717) is 0 Å². The van der Waals surface area contributed by atoms with Crippen LogP contribution in [0.5, 0.6) is 0 Å². The van der Waals surface area contributed by atoms with Gasteiger partial charge >= 0.3 is 0 Å². The number of nitrogens with zero attached hydrogens (tertiary/aromatic N) is 2. The van der Waals surface area contributed by atoms with Crippen molar-refractivity contribution >= 4 is 0 Å². The molecule has 0 spiro atoms. The van der Waals surface area contributed by atoms with E-state index in [9.17, 15) is 0 Å². The Bertz CT molecular complexity index is 528. The minimum Gasteiger partial charge on any atom is -0.275 e. The van der Waals surface area contributed by atoms with Gasteiger partial charge < -0.3 is 0 Å². The lowest BCUT2D eigenvalue weighted by Crippen LogP contribution is -2.37. The number of hydrazine groups is 1. The first-order chi connectivity index (χ1) is 8.76. The first-order valence-electron chi connectivity index (χ1n) is 6.27. The van der Waals surface area contributed by atoms with Crippen LogP contribution in [0, 0.1) is 0 Å². The van der Waals surface area contributed by atoms with Crippen molar-refractivity contribution in [2.45, 2.75) is 24.3 Å². The molecule has 1 heterocycles. The highest BCUT2D eigenvalue weighted by Crippen LogP contribution is 2.55. The van der Waals surface area contributed by atoms with Crippen LogP contribution in [0.1, 0.15) is 30.1 Å². The van der Waals surface area contributed by atoms with Crippen molar-refractivity contribution in [3.8, 4) is 0 Å². The normalized spacial score (nSPS) is 18.6. The van der Waals surface area contributed by atoms with E-state index in [4.69, 9.17) is 5.84 Å². The molecule has 1 aliphatic carbocycles. The summed E-state index contributed by atoms with van der Waals surface area (Å²) in [6.45, 7) is 0. The second kappa shape index (κ2) is 4.23. The molecule has 1 aromatic heterocycles. The average Bonchev–Trinajstić information content (AvgIpc) is 3.09. The molecule has 2 aromatic rings. The van der Waals surface area contributed by atoms with Gasteiger partial charge in [0.05, 0.1) is 11.7 Å². The molecular weight excluding hydrogens is 224 g/mol. The summed E-state index contributed by atoms with van der Waals surface area (Å²) in [4.78, 5) is 0. The predicted octanol–water partition coefficient (Wildman–Crippen LogP) is 1.66. The van der Waals surface area contributed by atoms with E-state index < -0.39 is 0 Å². The molecule has 0 radical (unpaired) electrons. The molecule has 94 valence electrons. The summed E-state index contributed by atoms with van der Waals surface area (Å²) >= 11 is 0. The van der Waals surface area contributed by atoms with Crippen molar-refractivity contribution in [1.82, 2.24) is 15.2 Å². The van der Waals surface area contributed by atoms with Crippen LogP contribution >= 0.6 is 0 Å². The van der Waals surface area contributed by atoms with Gasteiger partial charge in [-0.1, -0.05) is 30.3 Å². The molecule has 0 amide bonds. The minimum atomic E-state index is 0.0844. The van der Waals surface area contributed by atoms with Crippen molar-refractivity contribution in [3.63, 3.8) is 0 Å². The maximum absolute atomic E-state index is 5.78. The molecule has 1 saturated carbocycles. The van der Waals surface area contributed by atoms with E-state index in [-0.39, 0.29) is 11.5 Å². The maximum Gasteiger partial charge on any atom is 0.0816 e. The van der Waals surface area contributed by atoms with E-state index in [0.717, 1.165) is 18.5 Å². The number of hydrogen-bond donors (Lipinski definition) is 2. The molecule has 0 saturated heterocycles. The monoisotopic (exact) mass is 242 g/mol. The van der Waals surface area contributed by atoms with Gasteiger partial charge in [-0.25, -0.2) is 0 Å². The summed E-state index contributed by atoms with van der Waals surface area (Å²) in [5.74, 6) is 5.78. The number of aromatic nitrogens is 2. The summed E-state index contributed by atoms with van der Waals surface area (Å²) < 4.78 is 1.82. The molecule has 0 bridgehead atoms. The fourth-order valence-electron chi connectivity index (χ4n) is 2.76. The maximum atomic E-state index is 5.78. The van der Waals surface area contributed by atoms with Gasteiger partial charge in [0.25, 0.3) is 0 Å². The molecule has 4 heteroatoms. The molecule has 1 aliphatic rings. The van der Waals surface area contributed by atoms with Crippen molar-refractivity contribution in [2.24, 2.45) is 12.9 Å². The molecule has 0 aliphatic heterocycles. The zero-order chi connectivity index (χ0) is 12.6. The van der Waals surface area contributed by atoms with E-state index in [1.165, 1.54) is 5.56 Å². The Kier molecular flexibility index (Phi) is 2.69. The summed E-state index contributed by atoms with van der Waals surface area (Å²) in [6.07, 6.45) is 4.27. The summed E-state index contributed by atoms with van der Waals surface area (Å²) in [7, 11) is 1.93. The number of aryl methyl sites for hydroxylation is 1. The molecule has 1 unspecified atom stereocenters. The zero-order valence-electron chi connectivity index (χ0n) is 10.5. The van der Waals surface area contributed by atoms with Crippen molar-refractivity contribution in [1.29, 1.82) is 0 Å². The van der Waals surface area contributed by atoms with Gasteiger partial charge in [0.15, 0.2) is 0 Å². The van der Waals surface area contributed by atoms with Crippen LogP contribution in [-0.2, 0) is 12.5 Å². The average molecular weight is 242 g/mol. The highest BCUT2D eigenvalue weighted by Gasteiger charge is 2.51. The largest absolute Gasteiger partial charge is 0.275 e. The Morgan fingerprint density at radius 2 is 2.00 bits per heavy atom. The zero-order valence-corrected chi connectivity index (χ0v) is 10.5. The third kappa shape index (κ3) is 1.74. The topological polar surface area (TPSA) is 55.9 Å². The predicted molar refractivity (Wildman–Crippen MR) is 70.6 cm³/mol. The molecule has 18 heavy (non-hydrogen) atoms. The second-order valence-corrected chi connectivity index (χ2v) is 5.04. The van der Waals surface area contributed by atoms with Gasteiger partial charge in [-0.2, -0.15) is 5.10 Å². The third-order valence-corrected chi connectivity index (χ3v) is 3.89. The van der Waals surface area contributed by atoms with E-state index in [1.807, 2.05) is 30.1 Å². The fourth-order valence-corrected chi connectivity index (χ4v) is 2.76. The van der Waals surface area contributed by atoms with E-state index >= 15 is 0 Å². The molecule has 3 rings (SSSR count). The molecular formula is C14H18N4. The molecule has 3 N–H and O–H groups in total. The van der Waals surface area contributed by atoms with Gasteiger partial charge in [-0.05, 0) is 24.5 Å². The fraction of sp³-hybridized carbons (Fsp3) is 0.357. The van der Waals surface area contributed by atoms with Crippen LogP contribution in [0.2, 0.25) is 0 Å². The number of nitrogens with two attached hydrogens (primary N) is 1. The van der Waals surface area contributed by atoms with Crippen LogP contribution in [-0.4, -0.2) is 9.78 Å². The Balaban J connectivity index is 1.97. The Labute approximate surface area is 107 Å². The number of rotatable bonds is 4. The SMILES string of the molecule is Cn1ccc(C(NN)C2(c3ccccc3)CC2)n1. The first-order valence-corrected chi connectivity index (χ1v) is 6.27. The highest BCUT2D eigenvalue weighted by atomic mass is 15.3. The highest BCUT2D eigenvalue weighted by molar-refractivity contribution is 5.36. The van der Waals surface area contributed by atoms with Crippen molar-refractivity contribution < 1.29 is 0 Å². The number of hydrogen-bond acceptors (Lipinski definition) is 3. The smallest absolute Gasteiger partial charge is 0.0816 e. The number of nitrogens with one attached hydrogen (secondary N) is 1. The Morgan fingerprint density at radius 1 is 1.28 bits per heavy atom. The standard InChI is InChI=1S/C14H18N4/c1-18-10-7-12(17-18)13(16-15)14(8-9-14)11-5-3-2-4-6-11/h2-7,10,13,16H,8-9,15H2,1H3. The van der Waals surface area contributed by atoms with Crippen molar-refractivity contribution in [3.05, 3.63) is 53.9 Å². The molecule has 1 fully saturated rings. The van der Waals surface area contributed by atoms with E-state index in [2.05, 4.69) is 34.8 Å². The van der Waals surface area contributed by atoms with Crippen LogP contribution in [0.15, 0.2) is 42.6 Å². The minimum absolute atomic E-state index is 0.0844. The van der Waals surface area contributed by atoms with Crippen LogP contribution < -0.4 is 11.3 Å². The van der Waals surface area contributed by atoms with Gasteiger partial charge in [-0.15, -0.1) is 0 Å². The van der Waals surface area contributed by atoms with Crippen LogP contribution in [0.3, 0.4) is 0 Å². The van der Waals surface area contributed by atoms with Crippen molar-refractivity contribution in [2.75, 3.05) is 0 Å². The summed E-state index contributed by atoms with van der Waals surface area (Å²) in [5, 5.41) is 4.49. The van der Waals surface area contributed by atoms with Crippen LogP contribution in [0.4, 0.5) is 0 Å². The molecule has 1 atom stereocenters.